The van der Waals surface area contributed by atoms with E-state index >= 15 is 0 Å². The molecule has 5 rings (SSSR count). The molecule has 10 atom stereocenters. The van der Waals surface area contributed by atoms with Crippen LogP contribution in [0.25, 0.3) is 0 Å². The molecule has 3 unspecified atom stereocenters. The Labute approximate surface area is 243 Å². The highest BCUT2D eigenvalue weighted by molar-refractivity contribution is 5.95. The van der Waals surface area contributed by atoms with Gasteiger partial charge in [0.05, 0.1) is 5.56 Å². The Bertz CT molecular complexity index is 1100. The van der Waals surface area contributed by atoms with E-state index in [9.17, 15) is 9.59 Å². The zero-order valence-corrected chi connectivity index (χ0v) is 26.2. The Hall–Kier alpha value is -1.90. The highest BCUT2D eigenvalue weighted by Gasteiger charge is 2.61. The number of fused-ring (bicyclic) bond motifs is 5. The van der Waals surface area contributed by atoms with Gasteiger partial charge in [0, 0.05) is 11.8 Å². The fourth-order valence-corrected chi connectivity index (χ4v) is 10.4. The zero-order valence-electron chi connectivity index (χ0n) is 26.2. The summed E-state index contributed by atoms with van der Waals surface area (Å²) in [6, 6.07) is 9.26. The van der Waals surface area contributed by atoms with Gasteiger partial charge in [0.15, 0.2) is 5.78 Å². The number of benzene rings is 1. The summed E-state index contributed by atoms with van der Waals surface area (Å²) in [5.74, 6) is 4.16. The first-order valence-electron chi connectivity index (χ1n) is 16.5. The average Bonchev–Trinajstić information content (AvgIpc) is 3.28. The summed E-state index contributed by atoms with van der Waals surface area (Å²) in [5, 5.41) is 0. The van der Waals surface area contributed by atoms with Crippen molar-refractivity contribution < 1.29 is 14.3 Å². The molecule has 0 N–H and O–H groups in total. The molecule has 0 aliphatic heterocycles. The Morgan fingerprint density at radius 3 is 2.30 bits per heavy atom. The molecule has 0 aromatic heterocycles. The smallest absolute Gasteiger partial charge is 0.338 e. The lowest BCUT2D eigenvalue weighted by Gasteiger charge is -2.58. The van der Waals surface area contributed by atoms with E-state index in [0.717, 1.165) is 36.5 Å². The largest absolute Gasteiger partial charge is 0.458 e. The average molecular weight is 547 g/mol. The summed E-state index contributed by atoms with van der Waals surface area (Å²) < 4.78 is 6.04. The van der Waals surface area contributed by atoms with E-state index in [-0.39, 0.29) is 29.3 Å². The summed E-state index contributed by atoms with van der Waals surface area (Å²) in [6.07, 6.45) is 12.7. The number of hydrogen-bond donors (Lipinski definition) is 0. The summed E-state index contributed by atoms with van der Waals surface area (Å²) in [4.78, 5) is 26.8. The maximum Gasteiger partial charge on any atom is 0.338 e. The highest BCUT2D eigenvalue weighted by atomic mass is 16.5. The molecule has 3 nitrogen and oxygen atoms in total. The van der Waals surface area contributed by atoms with E-state index in [4.69, 9.17) is 4.74 Å². The third-order valence-electron chi connectivity index (χ3n) is 12.8. The third kappa shape index (κ3) is 5.02. The molecule has 220 valence electrons. The van der Waals surface area contributed by atoms with Crippen LogP contribution in [0, 0.1) is 58.2 Å². The fraction of sp³-hybridized carbons (Fsp3) is 0.730. The Balaban J connectivity index is 1.32. The first-order chi connectivity index (χ1) is 19.0. The summed E-state index contributed by atoms with van der Waals surface area (Å²) >= 11 is 0. The molecule has 0 spiro atoms. The van der Waals surface area contributed by atoms with Crippen LogP contribution >= 0.6 is 0 Å². The Morgan fingerprint density at radius 1 is 0.950 bits per heavy atom. The topological polar surface area (TPSA) is 43.4 Å². The van der Waals surface area contributed by atoms with Gasteiger partial charge in [-0.2, -0.15) is 0 Å². The number of allylic oxidation sites excluding steroid dienone is 2. The lowest BCUT2D eigenvalue weighted by atomic mass is 9.46. The number of carbonyl (C=O) groups excluding carboxylic acids is 2. The van der Waals surface area contributed by atoms with Gasteiger partial charge in [-0.1, -0.05) is 85.1 Å². The van der Waals surface area contributed by atoms with Crippen LogP contribution in [0.4, 0.5) is 0 Å². The summed E-state index contributed by atoms with van der Waals surface area (Å²) in [6.45, 7) is 16.8. The Kier molecular flexibility index (Phi) is 8.44. The van der Waals surface area contributed by atoms with Gasteiger partial charge in [0.25, 0.3) is 0 Å². The molecule has 1 aromatic rings. The van der Waals surface area contributed by atoms with Crippen LogP contribution in [0.15, 0.2) is 42.0 Å². The number of carbonyl (C=O) groups is 2. The van der Waals surface area contributed by atoms with E-state index < -0.39 is 0 Å². The lowest BCUT2D eigenvalue weighted by Crippen LogP contribution is -2.56. The molecule has 3 heteroatoms. The van der Waals surface area contributed by atoms with Crippen molar-refractivity contribution in [2.75, 3.05) is 0 Å². The first-order valence-corrected chi connectivity index (χ1v) is 16.5. The second-order valence-corrected chi connectivity index (χ2v) is 15.0. The Morgan fingerprint density at radius 2 is 1.62 bits per heavy atom. The second-order valence-electron chi connectivity index (χ2n) is 15.0. The maximum absolute atomic E-state index is 14.0. The molecule has 3 fully saturated rings. The van der Waals surface area contributed by atoms with E-state index in [2.05, 4.69) is 54.5 Å². The fourth-order valence-electron chi connectivity index (χ4n) is 10.4. The molecule has 0 amide bonds. The van der Waals surface area contributed by atoms with Crippen LogP contribution < -0.4 is 0 Å². The maximum atomic E-state index is 14.0. The van der Waals surface area contributed by atoms with Gasteiger partial charge < -0.3 is 4.74 Å². The van der Waals surface area contributed by atoms with Crippen LogP contribution in [0.5, 0.6) is 0 Å². The van der Waals surface area contributed by atoms with Crippen molar-refractivity contribution in [1.29, 1.82) is 0 Å². The normalized spacial score (nSPS) is 38.6. The molecule has 40 heavy (non-hydrogen) atoms. The van der Waals surface area contributed by atoms with Gasteiger partial charge in [0.2, 0.25) is 0 Å². The number of ketones is 1. The van der Waals surface area contributed by atoms with E-state index in [1.165, 1.54) is 50.5 Å². The highest BCUT2D eigenvalue weighted by Crippen LogP contribution is 2.67. The van der Waals surface area contributed by atoms with E-state index in [1.54, 1.807) is 0 Å². The molecule has 3 saturated carbocycles. The van der Waals surface area contributed by atoms with Gasteiger partial charge >= 0.3 is 5.97 Å². The number of hydrogen-bond acceptors (Lipinski definition) is 3. The predicted octanol–water partition coefficient (Wildman–Crippen LogP) is 9.31. The summed E-state index contributed by atoms with van der Waals surface area (Å²) in [7, 11) is 0. The minimum atomic E-state index is -0.265. The van der Waals surface area contributed by atoms with E-state index in [1.807, 2.05) is 30.3 Å². The third-order valence-corrected chi connectivity index (χ3v) is 12.8. The van der Waals surface area contributed by atoms with Gasteiger partial charge in [-0.05, 0) is 109 Å². The van der Waals surface area contributed by atoms with Crippen LogP contribution in [-0.4, -0.2) is 17.9 Å². The van der Waals surface area contributed by atoms with Crippen LogP contribution in [0.2, 0.25) is 0 Å². The van der Waals surface area contributed by atoms with Crippen molar-refractivity contribution in [2.45, 2.75) is 112 Å². The number of rotatable bonds is 8. The molecule has 0 saturated heterocycles. The van der Waals surface area contributed by atoms with Gasteiger partial charge in [-0.15, -0.1) is 0 Å². The van der Waals surface area contributed by atoms with Crippen molar-refractivity contribution in [1.82, 2.24) is 0 Å². The minimum Gasteiger partial charge on any atom is -0.458 e. The van der Waals surface area contributed by atoms with Crippen molar-refractivity contribution >= 4 is 11.8 Å². The predicted molar refractivity (Wildman–Crippen MR) is 163 cm³/mol. The van der Waals surface area contributed by atoms with Gasteiger partial charge in [-0.3, -0.25) is 4.79 Å². The molecule has 0 heterocycles. The quantitative estimate of drug-likeness (QED) is 0.305. The number of ether oxygens (including phenoxy) is 1. The van der Waals surface area contributed by atoms with E-state index in [0.29, 0.717) is 28.6 Å². The number of esters is 1. The lowest BCUT2D eigenvalue weighted by molar-refractivity contribution is -0.140. The molecular weight excluding hydrogens is 492 g/mol. The van der Waals surface area contributed by atoms with Crippen molar-refractivity contribution in [3.8, 4) is 0 Å². The van der Waals surface area contributed by atoms with Crippen molar-refractivity contribution in [3.05, 3.63) is 47.5 Å². The van der Waals surface area contributed by atoms with Crippen LogP contribution in [0.3, 0.4) is 0 Å². The molecule has 4 aliphatic carbocycles. The zero-order chi connectivity index (χ0) is 28.8. The molecule has 0 radical (unpaired) electrons. The second kappa shape index (κ2) is 11.4. The molecular formula is C37H54O3. The molecule has 0 bridgehead atoms. The van der Waals surface area contributed by atoms with Crippen LogP contribution in [0.1, 0.15) is 117 Å². The van der Waals surface area contributed by atoms with Crippen LogP contribution in [-0.2, 0) is 9.53 Å². The monoisotopic (exact) mass is 546 g/mol. The first kappa shape index (κ1) is 29.6. The van der Waals surface area contributed by atoms with Gasteiger partial charge in [-0.25, -0.2) is 4.79 Å². The van der Waals surface area contributed by atoms with Gasteiger partial charge in [0.1, 0.15) is 6.10 Å². The standard InChI is InChI=1S/C37H54O3/c1-8-26(23(2)3)15-14-24(4)29-16-17-30-28-22-32(38)34-25(5)33(40-35(39)27-12-10-9-11-13-27)19-21-37(34,7)31(28)18-20-36(29,30)6/h9-13,22-26,29-31,33-34H,8,14-21H2,1-7H3/t24-,25?,26-,29-,30+,31+,33?,34?,36-,37-/m1/s1. The minimum absolute atomic E-state index is 0.0348. The van der Waals surface area contributed by atoms with Crippen molar-refractivity contribution in [3.63, 3.8) is 0 Å². The molecule has 1 aromatic carbocycles. The molecule has 4 aliphatic rings. The summed E-state index contributed by atoms with van der Waals surface area (Å²) in [5.41, 5.74) is 2.37. The van der Waals surface area contributed by atoms with Crippen molar-refractivity contribution in [2.24, 2.45) is 58.2 Å². The SMILES string of the molecule is CC[C@H](CC[C@@H](C)[C@H]1CC[C@H]2C3=CC(=O)C4C(C)C(OC(=O)c5ccccc5)CC[C@]4(C)[C@H]3CC[C@]12C)C(C)C.